The smallest absolute Gasteiger partial charge is 0.213 e. The van der Waals surface area contributed by atoms with E-state index >= 15 is 0 Å². The largest absolute Gasteiger partial charge is 0.340 e. The number of hydrogen-bond donors (Lipinski definition) is 0. The minimum atomic E-state index is -3.21. The van der Waals surface area contributed by atoms with Crippen molar-refractivity contribution in [3.8, 4) is 0 Å². The second-order valence-electron chi connectivity index (χ2n) is 8.77. The Balaban J connectivity index is 1.62. The number of sulfonamides is 1. The highest BCUT2D eigenvalue weighted by Crippen LogP contribution is 2.35. The summed E-state index contributed by atoms with van der Waals surface area (Å²) < 4.78 is 28.6. The zero-order valence-corrected chi connectivity index (χ0v) is 19.9. The second-order valence-corrected chi connectivity index (χ2v) is 11.5. The Kier molecular flexibility index (Phi) is 5.98. The maximum absolute atomic E-state index is 12.4. The predicted octanol–water partition coefficient (Wildman–Crippen LogP) is 3.84. The molecule has 3 heterocycles. The van der Waals surface area contributed by atoms with Gasteiger partial charge < -0.3 is 4.90 Å². The molecule has 1 aromatic carbocycles. The molecule has 0 bridgehead atoms. The third kappa shape index (κ3) is 3.95. The first kappa shape index (κ1) is 21.9. The van der Waals surface area contributed by atoms with E-state index in [4.69, 9.17) is 16.6 Å². The van der Waals surface area contributed by atoms with Gasteiger partial charge in [0.25, 0.3) is 0 Å². The van der Waals surface area contributed by atoms with E-state index in [0.29, 0.717) is 30.6 Å². The van der Waals surface area contributed by atoms with Gasteiger partial charge in [-0.3, -0.25) is 0 Å². The van der Waals surface area contributed by atoms with E-state index in [1.165, 1.54) is 19.3 Å². The number of hydrogen-bond acceptors (Lipinski definition) is 6. The number of aromatic nitrogens is 4. The van der Waals surface area contributed by atoms with Crippen LogP contribution in [0.5, 0.6) is 0 Å². The van der Waals surface area contributed by atoms with Crippen LogP contribution in [0.15, 0.2) is 18.2 Å². The van der Waals surface area contributed by atoms with Crippen molar-refractivity contribution in [3.63, 3.8) is 0 Å². The van der Waals surface area contributed by atoms with Gasteiger partial charge in [0, 0.05) is 42.5 Å². The summed E-state index contributed by atoms with van der Waals surface area (Å²) in [7, 11) is -3.21. The van der Waals surface area contributed by atoms with Gasteiger partial charge in [-0.05, 0) is 44.4 Å². The van der Waals surface area contributed by atoms with Gasteiger partial charge in [0.1, 0.15) is 5.82 Å². The van der Waals surface area contributed by atoms with E-state index in [9.17, 15) is 8.42 Å². The average Bonchev–Trinajstić information content (AvgIpc) is 3.09. The van der Waals surface area contributed by atoms with Crippen molar-refractivity contribution in [2.45, 2.75) is 51.4 Å². The standard InChI is InChI=1S/C22H29ClN6O2S/c1-2-32(30,31)28-12-6-11-27(13-14-28)22-24-19-15-17(23)9-10-18(19)21-26-25-20(29(21)22)16-7-4-3-5-8-16/h9-10,15-16H,2-8,11-14H2,1H3. The molecule has 0 radical (unpaired) electrons. The lowest BCUT2D eigenvalue weighted by molar-refractivity contribution is 0.426. The number of benzene rings is 1. The molecule has 5 rings (SSSR count). The van der Waals surface area contributed by atoms with Crippen molar-refractivity contribution >= 4 is 44.1 Å². The summed E-state index contributed by atoms with van der Waals surface area (Å²) in [6.45, 7) is 3.99. The van der Waals surface area contributed by atoms with Crippen molar-refractivity contribution < 1.29 is 8.42 Å². The Labute approximate surface area is 193 Å². The number of halogens is 1. The van der Waals surface area contributed by atoms with Gasteiger partial charge in [0.05, 0.1) is 11.3 Å². The Morgan fingerprint density at radius 1 is 1.03 bits per heavy atom. The summed E-state index contributed by atoms with van der Waals surface area (Å²) in [5.41, 5.74) is 1.58. The average molecular weight is 477 g/mol. The van der Waals surface area contributed by atoms with Crippen LogP contribution in [0.2, 0.25) is 5.02 Å². The Morgan fingerprint density at radius 2 is 1.84 bits per heavy atom. The first-order valence-corrected chi connectivity index (χ1v) is 13.5. The summed E-state index contributed by atoms with van der Waals surface area (Å²) in [6.07, 6.45) is 6.66. The van der Waals surface area contributed by atoms with Gasteiger partial charge in [-0.1, -0.05) is 30.9 Å². The molecule has 0 unspecified atom stereocenters. The summed E-state index contributed by atoms with van der Waals surface area (Å²) in [5.74, 6) is 2.26. The maximum atomic E-state index is 12.4. The molecule has 1 aliphatic heterocycles. The van der Waals surface area contributed by atoms with E-state index in [1.54, 1.807) is 11.2 Å². The van der Waals surface area contributed by atoms with Gasteiger partial charge in [-0.15, -0.1) is 10.2 Å². The molecule has 0 spiro atoms. The molecule has 0 atom stereocenters. The van der Waals surface area contributed by atoms with Crippen LogP contribution < -0.4 is 4.90 Å². The second kappa shape index (κ2) is 8.76. The molecular formula is C22H29ClN6O2S. The summed E-state index contributed by atoms with van der Waals surface area (Å²) in [6, 6.07) is 5.68. The first-order chi connectivity index (χ1) is 15.5. The van der Waals surface area contributed by atoms with Crippen LogP contribution >= 0.6 is 11.6 Å². The van der Waals surface area contributed by atoms with Crippen LogP contribution in [0.4, 0.5) is 5.95 Å². The molecule has 10 heteroatoms. The maximum Gasteiger partial charge on any atom is 0.213 e. The lowest BCUT2D eigenvalue weighted by Crippen LogP contribution is -2.36. The molecule has 0 N–H and O–H groups in total. The number of fused-ring (bicyclic) bond motifs is 3. The van der Waals surface area contributed by atoms with Crippen molar-refractivity contribution in [3.05, 3.63) is 29.0 Å². The lowest BCUT2D eigenvalue weighted by atomic mass is 9.89. The molecule has 8 nitrogen and oxygen atoms in total. The minimum absolute atomic E-state index is 0.126. The van der Waals surface area contributed by atoms with Crippen LogP contribution in [-0.2, 0) is 10.0 Å². The molecule has 1 saturated carbocycles. The zero-order chi connectivity index (χ0) is 22.3. The van der Waals surface area contributed by atoms with Crippen LogP contribution in [0.1, 0.15) is 57.2 Å². The highest BCUT2D eigenvalue weighted by Gasteiger charge is 2.28. The molecule has 1 saturated heterocycles. The third-order valence-corrected chi connectivity index (χ3v) is 8.89. The number of rotatable bonds is 4. The van der Waals surface area contributed by atoms with E-state index < -0.39 is 10.0 Å². The van der Waals surface area contributed by atoms with E-state index in [0.717, 1.165) is 54.1 Å². The van der Waals surface area contributed by atoms with Crippen molar-refractivity contribution in [2.24, 2.45) is 0 Å². The van der Waals surface area contributed by atoms with E-state index in [-0.39, 0.29) is 5.75 Å². The summed E-state index contributed by atoms with van der Waals surface area (Å²) >= 11 is 6.28. The normalized spacial score (nSPS) is 19.6. The number of nitrogens with zero attached hydrogens (tertiary/aromatic N) is 6. The third-order valence-electron chi connectivity index (χ3n) is 6.78. The molecule has 3 aromatic rings. The van der Waals surface area contributed by atoms with Crippen LogP contribution in [0, 0.1) is 0 Å². The lowest BCUT2D eigenvalue weighted by Gasteiger charge is -2.26. The van der Waals surface area contributed by atoms with Crippen LogP contribution in [0.3, 0.4) is 0 Å². The summed E-state index contributed by atoms with van der Waals surface area (Å²) in [5, 5.41) is 10.8. The number of anilines is 1. The topological polar surface area (TPSA) is 83.7 Å². The van der Waals surface area contributed by atoms with Crippen LogP contribution in [0.25, 0.3) is 16.6 Å². The van der Waals surface area contributed by atoms with E-state index in [2.05, 4.69) is 19.5 Å². The minimum Gasteiger partial charge on any atom is -0.340 e. The highest BCUT2D eigenvalue weighted by molar-refractivity contribution is 7.89. The monoisotopic (exact) mass is 476 g/mol. The van der Waals surface area contributed by atoms with Crippen molar-refractivity contribution in [1.82, 2.24) is 23.9 Å². The van der Waals surface area contributed by atoms with Gasteiger partial charge in [0.15, 0.2) is 5.65 Å². The first-order valence-electron chi connectivity index (χ1n) is 11.5. The van der Waals surface area contributed by atoms with Gasteiger partial charge in [-0.25, -0.2) is 22.1 Å². The molecule has 2 aromatic heterocycles. The molecule has 1 aliphatic carbocycles. The molecule has 172 valence electrons. The molecule has 0 amide bonds. The molecule has 2 aliphatic rings. The molecular weight excluding hydrogens is 448 g/mol. The summed E-state index contributed by atoms with van der Waals surface area (Å²) in [4.78, 5) is 7.21. The quantitative estimate of drug-likeness (QED) is 0.568. The Bertz CT molecular complexity index is 1240. The molecule has 32 heavy (non-hydrogen) atoms. The molecule has 2 fully saturated rings. The van der Waals surface area contributed by atoms with Crippen molar-refractivity contribution in [2.75, 3.05) is 36.8 Å². The van der Waals surface area contributed by atoms with Crippen LogP contribution in [-0.4, -0.2) is 64.2 Å². The predicted molar refractivity (Wildman–Crippen MR) is 127 cm³/mol. The SMILES string of the molecule is CCS(=O)(=O)N1CCCN(c2nc3cc(Cl)ccc3c3nnc(C4CCCCC4)n23)CC1. The van der Waals surface area contributed by atoms with Gasteiger partial charge in [0.2, 0.25) is 16.0 Å². The van der Waals surface area contributed by atoms with E-state index in [1.807, 2.05) is 18.2 Å². The van der Waals surface area contributed by atoms with Gasteiger partial charge in [-0.2, -0.15) is 0 Å². The fourth-order valence-electron chi connectivity index (χ4n) is 5.00. The van der Waals surface area contributed by atoms with Gasteiger partial charge >= 0.3 is 0 Å². The van der Waals surface area contributed by atoms with Crippen molar-refractivity contribution in [1.29, 1.82) is 0 Å². The Morgan fingerprint density at radius 3 is 2.62 bits per heavy atom. The highest BCUT2D eigenvalue weighted by atomic mass is 35.5. The zero-order valence-electron chi connectivity index (χ0n) is 18.4. The fourth-order valence-corrected chi connectivity index (χ4v) is 6.30. The fraction of sp³-hybridized carbons (Fsp3) is 0.591. The Hall–Kier alpha value is -1.97.